The summed E-state index contributed by atoms with van der Waals surface area (Å²) >= 11 is 0. The van der Waals surface area contributed by atoms with Crippen LogP contribution in [0, 0.1) is 0 Å². The van der Waals surface area contributed by atoms with E-state index in [-0.39, 0.29) is 11.8 Å². The van der Waals surface area contributed by atoms with E-state index in [1.165, 1.54) is 0 Å². The number of rotatable bonds is 6. The summed E-state index contributed by atoms with van der Waals surface area (Å²) in [6, 6.07) is 7.90. The number of ether oxygens (including phenoxy) is 1. The summed E-state index contributed by atoms with van der Waals surface area (Å²) in [4.78, 5) is 28.9. The van der Waals surface area contributed by atoms with Crippen molar-refractivity contribution in [1.82, 2.24) is 25.3 Å². The lowest BCUT2D eigenvalue weighted by atomic mass is 10.1. The third kappa shape index (κ3) is 4.17. The summed E-state index contributed by atoms with van der Waals surface area (Å²) in [5, 5.41) is 10.0. The maximum Gasteiger partial charge on any atom is 0.257 e. The molecule has 2 aromatic rings. The molecule has 0 bridgehead atoms. The van der Waals surface area contributed by atoms with Gasteiger partial charge in [0.05, 0.1) is 31.1 Å². The molecule has 0 atom stereocenters. The number of nitrogens with zero attached hydrogens (tertiary/aromatic N) is 3. The van der Waals surface area contributed by atoms with Gasteiger partial charge in [-0.1, -0.05) is 0 Å². The Morgan fingerprint density at radius 3 is 2.54 bits per heavy atom. The van der Waals surface area contributed by atoms with Crippen molar-refractivity contribution in [1.29, 1.82) is 0 Å². The van der Waals surface area contributed by atoms with E-state index in [2.05, 4.69) is 20.4 Å². The van der Waals surface area contributed by atoms with Crippen LogP contribution in [0.15, 0.2) is 30.5 Å². The van der Waals surface area contributed by atoms with Crippen LogP contribution >= 0.6 is 0 Å². The molecule has 148 valence electrons. The van der Waals surface area contributed by atoms with Crippen molar-refractivity contribution in [3.05, 3.63) is 36.0 Å². The number of hydrogen-bond acceptors (Lipinski definition) is 5. The molecule has 1 saturated carbocycles. The zero-order chi connectivity index (χ0) is 19.5. The largest absolute Gasteiger partial charge is 0.497 e. The average molecular weight is 383 g/mol. The number of H-pyrrole nitrogens is 1. The summed E-state index contributed by atoms with van der Waals surface area (Å²) in [7, 11) is 1.62. The first-order valence-electron chi connectivity index (χ1n) is 9.63. The number of carbonyl (C=O) groups excluding carboxylic acids is 2. The summed E-state index contributed by atoms with van der Waals surface area (Å²) in [5.41, 5.74) is 2.15. The Bertz CT molecular complexity index is 836. The molecule has 1 saturated heterocycles. The van der Waals surface area contributed by atoms with Gasteiger partial charge >= 0.3 is 0 Å². The fourth-order valence-corrected chi connectivity index (χ4v) is 3.41. The van der Waals surface area contributed by atoms with E-state index in [1.807, 2.05) is 29.2 Å². The van der Waals surface area contributed by atoms with Crippen LogP contribution in [0.1, 0.15) is 23.2 Å². The molecule has 2 heterocycles. The molecule has 8 nitrogen and oxygen atoms in total. The molecule has 1 aromatic heterocycles. The van der Waals surface area contributed by atoms with E-state index < -0.39 is 0 Å². The highest BCUT2D eigenvalue weighted by molar-refractivity contribution is 5.99. The van der Waals surface area contributed by atoms with Crippen molar-refractivity contribution >= 4 is 11.8 Å². The zero-order valence-corrected chi connectivity index (χ0v) is 16.0. The number of aromatic amines is 1. The first-order valence-corrected chi connectivity index (χ1v) is 9.63. The molecule has 1 aliphatic carbocycles. The Labute approximate surface area is 163 Å². The van der Waals surface area contributed by atoms with Gasteiger partial charge in [-0.15, -0.1) is 0 Å². The Balaban J connectivity index is 1.36. The Hall–Kier alpha value is -2.87. The summed E-state index contributed by atoms with van der Waals surface area (Å²) in [6.07, 6.45) is 3.77. The molecule has 0 unspecified atom stereocenters. The molecule has 28 heavy (non-hydrogen) atoms. The van der Waals surface area contributed by atoms with Gasteiger partial charge in [-0.25, -0.2) is 0 Å². The standard InChI is InChI=1S/C20H25N5O3/c1-28-16-6-2-14(3-7-16)19-17(12-21-23-19)20(27)25-10-8-24(9-11-25)13-18(26)22-15-4-5-15/h2-3,6-7,12,15H,4-5,8-11,13H2,1H3,(H,21,23)(H,22,26). The van der Waals surface area contributed by atoms with E-state index in [4.69, 9.17) is 4.74 Å². The second kappa shape index (κ2) is 8.02. The fourth-order valence-electron chi connectivity index (χ4n) is 3.41. The molecule has 1 aromatic carbocycles. The average Bonchev–Trinajstić information content (AvgIpc) is 3.39. The quantitative estimate of drug-likeness (QED) is 0.780. The van der Waals surface area contributed by atoms with Crippen LogP contribution in [-0.2, 0) is 4.79 Å². The summed E-state index contributed by atoms with van der Waals surface area (Å²) in [6.45, 7) is 2.99. The van der Waals surface area contributed by atoms with Gasteiger partial charge in [0.15, 0.2) is 0 Å². The van der Waals surface area contributed by atoms with Gasteiger partial charge in [0, 0.05) is 37.8 Å². The van der Waals surface area contributed by atoms with Crippen molar-refractivity contribution in [3.8, 4) is 17.0 Å². The van der Waals surface area contributed by atoms with Crippen LogP contribution in [0.25, 0.3) is 11.3 Å². The molecular weight excluding hydrogens is 358 g/mol. The second-order valence-electron chi connectivity index (χ2n) is 7.30. The van der Waals surface area contributed by atoms with Crippen LogP contribution in [0.5, 0.6) is 5.75 Å². The van der Waals surface area contributed by atoms with E-state index in [0.29, 0.717) is 50.0 Å². The molecule has 8 heteroatoms. The van der Waals surface area contributed by atoms with Crippen molar-refractivity contribution in [3.63, 3.8) is 0 Å². The fraction of sp³-hybridized carbons (Fsp3) is 0.450. The van der Waals surface area contributed by atoms with Crippen molar-refractivity contribution < 1.29 is 14.3 Å². The lowest BCUT2D eigenvalue weighted by Crippen LogP contribution is -2.51. The third-order valence-electron chi connectivity index (χ3n) is 5.22. The van der Waals surface area contributed by atoms with Gasteiger partial charge in [-0.05, 0) is 37.1 Å². The second-order valence-corrected chi connectivity index (χ2v) is 7.30. The van der Waals surface area contributed by atoms with Crippen molar-refractivity contribution in [2.45, 2.75) is 18.9 Å². The van der Waals surface area contributed by atoms with Gasteiger partial charge in [0.1, 0.15) is 5.75 Å². The normalized spacial score (nSPS) is 17.4. The van der Waals surface area contributed by atoms with Gasteiger partial charge in [-0.3, -0.25) is 19.6 Å². The van der Waals surface area contributed by atoms with E-state index >= 15 is 0 Å². The molecule has 2 N–H and O–H groups in total. The Morgan fingerprint density at radius 1 is 1.18 bits per heavy atom. The lowest BCUT2D eigenvalue weighted by Gasteiger charge is -2.34. The van der Waals surface area contributed by atoms with Crippen LogP contribution in [0.3, 0.4) is 0 Å². The number of nitrogens with one attached hydrogen (secondary N) is 2. The van der Waals surface area contributed by atoms with Gasteiger partial charge in [-0.2, -0.15) is 5.10 Å². The van der Waals surface area contributed by atoms with Crippen LogP contribution < -0.4 is 10.1 Å². The molecule has 1 aliphatic heterocycles. The van der Waals surface area contributed by atoms with E-state index in [0.717, 1.165) is 24.2 Å². The van der Waals surface area contributed by atoms with Crippen LogP contribution in [0.2, 0.25) is 0 Å². The van der Waals surface area contributed by atoms with Crippen molar-refractivity contribution in [2.75, 3.05) is 39.8 Å². The summed E-state index contributed by atoms with van der Waals surface area (Å²) < 4.78 is 5.19. The molecular formula is C20H25N5O3. The van der Waals surface area contributed by atoms with Crippen molar-refractivity contribution in [2.24, 2.45) is 0 Å². The number of aromatic nitrogens is 2. The van der Waals surface area contributed by atoms with Gasteiger partial charge in [0.2, 0.25) is 5.91 Å². The third-order valence-corrected chi connectivity index (χ3v) is 5.22. The molecule has 2 amide bonds. The van der Waals surface area contributed by atoms with Gasteiger partial charge in [0.25, 0.3) is 5.91 Å². The number of hydrogen-bond donors (Lipinski definition) is 2. The Kier molecular flexibility index (Phi) is 5.29. The topological polar surface area (TPSA) is 90.6 Å². The minimum Gasteiger partial charge on any atom is -0.497 e. The maximum absolute atomic E-state index is 13.0. The minimum absolute atomic E-state index is 0.0401. The number of carbonyl (C=O) groups is 2. The molecule has 2 aliphatic rings. The summed E-state index contributed by atoms with van der Waals surface area (Å²) in [5.74, 6) is 0.804. The highest BCUT2D eigenvalue weighted by Gasteiger charge is 2.28. The lowest BCUT2D eigenvalue weighted by molar-refractivity contribution is -0.122. The predicted molar refractivity (Wildman–Crippen MR) is 104 cm³/mol. The van der Waals surface area contributed by atoms with Crippen LogP contribution in [0.4, 0.5) is 0 Å². The SMILES string of the molecule is COc1ccc(-c2[nH]ncc2C(=O)N2CCN(CC(=O)NC3CC3)CC2)cc1. The zero-order valence-electron chi connectivity index (χ0n) is 16.0. The molecule has 0 radical (unpaired) electrons. The van der Waals surface area contributed by atoms with E-state index in [1.54, 1.807) is 13.3 Å². The smallest absolute Gasteiger partial charge is 0.257 e. The highest BCUT2D eigenvalue weighted by Crippen LogP contribution is 2.25. The first kappa shape index (κ1) is 18.5. The minimum atomic E-state index is -0.0401. The monoisotopic (exact) mass is 383 g/mol. The number of piperazine rings is 1. The Morgan fingerprint density at radius 2 is 1.89 bits per heavy atom. The molecule has 4 rings (SSSR count). The first-order chi connectivity index (χ1) is 13.6. The van der Waals surface area contributed by atoms with Gasteiger partial charge < -0.3 is 15.0 Å². The number of amides is 2. The van der Waals surface area contributed by atoms with Crippen LogP contribution in [-0.4, -0.2) is 77.7 Å². The molecule has 2 fully saturated rings. The number of benzene rings is 1. The predicted octanol–water partition coefficient (Wildman–Crippen LogP) is 1.12. The number of methoxy groups -OCH3 is 1. The van der Waals surface area contributed by atoms with E-state index in [9.17, 15) is 9.59 Å². The highest BCUT2D eigenvalue weighted by atomic mass is 16.5. The maximum atomic E-state index is 13.0. The molecule has 0 spiro atoms.